The third kappa shape index (κ3) is 4.55. The molecule has 1 heterocycles. The molecule has 0 spiro atoms. The molecule has 6 nitrogen and oxygen atoms in total. The Morgan fingerprint density at radius 3 is 2.93 bits per heavy atom. The zero-order valence-electron chi connectivity index (χ0n) is 8.86. The Hall–Kier alpha value is -1.43. The number of hydrogen-bond acceptors (Lipinski definition) is 5. The Morgan fingerprint density at radius 2 is 2.40 bits per heavy atom. The van der Waals surface area contributed by atoms with E-state index < -0.39 is 6.10 Å². The van der Waals surface area contributed by atoms with Crippen molar-refractivity contribution in [1.82, 2.24) is 15.5 Å². The molecule has 1 amide bonds. The van der Waals surface area contributed by atoms with Gasteiger partial charge in [-0.3, -0.25) is 4.79 Å². The van der Waals surface area contributed by atoms with Crippen LogP contribution >= 0.6 is 0 Å². The highest BCUT2D eigenvalue weighted by Crippen LogP contribution is 1.99. The molecule has 0 saturated heterocycles. The van der Waals surface area contributed by atoms with Crippen molar-refractivity contribution in [1.29, 1.82) is 0 Å². The van der Waals surface area contributed by atoms with Crippen LogP contribution in [0, 0.1) is 6.92 Å². The molecule has 0 aliphatic heterocycles. The fraction of sp³-hybridized carbons (Fsp3) is 0.667. The van der Waals surface area contributed by atoms with Crippen LogP contribution in [-0.4, -0.2) is 33.8 Å². The standard InChI is InChI=1S/C9H15N3O3/c1-6(13)5-10-8(14)3-4-9-11-7(2)12-15-9/h6,13H,3-5H2,1-2H3,(H,10,14). The van der Waals surface area contributed by atoms with Crippen LogP contribution in [0.15, 0.2) is 4.52 Å². The molecule has 0 aliphatic carbocycles. The van der Waals surface area contributed by atoms with Crippen molar-refractivity contribution in [2.45, 2.75) is 32.8 Å². The van der Waals surface area contributed by atoms with Crippen LogP contribution < -0.4 is 5.32 Å². The Morgan fingerprint density at radius 1 is 1.67 bits per heavy atom. The van der Waals surface area contributed by atoms with Gasteiger partial charge in [-0.25, -0.2) is 0 Å². The molecule has 1 aromatic rings. The maximum Gasteiger partial charge on any atom is 0.227 e. The minimum absolute atomic E-state index is 0.133. The van der Waals surface area contributed by atoms with E-state index in [1.165, 1.54) is 0 Å². The second-order valence-electron chi connectivity index (χ2n) is 3.39. The lowest BCUT2D eigenvalue weighted by Gasteiger charge is -2.05. The van der Waals surface area contributed by atoms with E-state index >= 15 is 0 Å². The average molecular weight is 213 g/mol. The Labute approximate surface area is 87.7 Å². The number of nitrogens with zero attached hydrogens (tertiary/aromatic N) is 2. The Balaban J connectivity index is 2.22. The number of carbonyl (C=O) groups is 1. The monoisotopic (exact) mass is 213 g/mol. The molecular weight excluding hydrogens is 198 g/mol. The third-order valence-electron chi connectivity index (χ3n) is 1.73. The van der Waals surface area contributed by atoms with Gasteiger partial charge in [0.1, 0.15) is 0 Å². The average Bonchev–Trinajstić information content (AvgIpc) is 2.58. The Bertz CT molecular complexity index is 322. The summed E-state index contributed by atoms with van der Waals surface area (Å²) >= 11 is 0. The van der Waals surface area contributed by atoms with Crippen LogP contribution in [0.2, 0.25) is 0 Å². The number of rotatable bonds is 5. The molecule has 6 heteroatoms. The van der Waals surface area contributed by atoms with Crippen molar-refractivity contribution in [3.05, 3.63) is 11.7 Å². The number of amides is 1. The Kier molecular flexibility index (Phi) is 4.23. The highest BCUT2D eigenvalue weighted by molar-refractivity contribution is 5.75. The number of aliphatic hydroxyl groups excluding tert-OH is 1. The number of aromatic nitrogens is 2. The molecular formula is C9H15N3O3. The van der Waals surface area contributed by atoms with E-state index in [2.05, 4.69) is 15.5 Å². The minimum Gasteiger partial charge on any atom is -0.392 e. The van der Waals surface area contributed by atoms with Crippen LogP contribution in [0.4, 0.5) is 0 Å². The first-order valence-electron chi connectivity index (χ1n) is 4.82. The van der Waals surface area contributed by atoms with Gasteiger partial charge in [-0.15, -0.1) is 0 Å². The zero-order valence-corrected chi connectivity index (χ0v) is 8.86. The highest BCUT2D eigenvalue weighted by atomic mass is 16.5. The first-order valence-corrected chi connectivity index (χ1v) is 4.82. The van der Waals surface area contributed by atoms with Gasteiger partial charge in [-0.1, -0.05) is 5.16 Å². The number of aryl methyl sites for hydroxylation is 2. The van der Waals surface area contributed by atoms with Gasteiger partial charge in [-0.2, -0.15) is 4.98 Å². The number of nitrogens with one attached hydrogen (secondary N) is 1. The molecule has 84 valence electrons. The van der Waals surface area contributed by atoms with Gasteiger partial charge < -0.3 is 14.9 Å². The summed E-state index contributed by atoms with van der Waals surface area (Å²) in [7, 11) is 0. The molecule has 15 heavy (non-hydrogen) atoms. The van der Waals surface area contributed by atoms with Crippen molar-refractivity contribution in [2.24, 2.45) is 0 Å². The normalized spacial score (nSPS) is 12.5. The van der Waals surface area contributed by atoms with Crippen LogP contribution in [0.5, 0.6) is 0 Å². The van der Waals surface area contributed by atoms with Gasteiger partial charge in [0.05, 0.1) is 6.10 Å². The topological polar surface area (TPSA) is 88.2 Å². The SMILES string of the molecule is Cc1noc(CCC(=O)NCC(C)O)n1. The first kappa shape index (κ1) is 11.6. The summed E-state index contributed by atoms with van der Waals surface area (Å²) in [6.07, 6.45) is 0.181. The van der Waals surface area contributed by atoms with Gasteiger partial charge in [0.25, 0.3) is 0 Å². The lowest BCUT2D eigenvalue weighted by atomic mass is 10.3. The molecule has 0 aliphatic rings. The third-order valence-corrected chi connectivity index (χ3v) is 1.73. The van der Waals surface area contributed by atoms with Crippen molar-refractivity contribution >= 4 is 5.91 Å². The first-order chi connectivity index (χ1) is 7.08. The van der Waals surface area contributed by atoms with Crippen LogP contribution in [0.3, 0.4) is 0 Å². The smallest absolute Gasteiger partial charge is 0.227 e. The van der Waals surface area contributed by atoms with Crippen molar-refractivity contribution in [3.63, 3.8) is 0 Å². The summed E-state index contributed by atoms with van der Waals surface area (Å²) in [4.78, 5) is 15.2. The van der Waals surface area contributed by atoms with Gasteiger partial charge in [0.2, 0.25) is 11.8 Å². The van der Waals surface area contributed by atoms with Crippen LogP contribution in [0.25, 0.3) is 0 Å². The summed E-state index contributed by atoms with van der Waals surface area (Å²) in [6.45, 7) is 3.60. The molecule has 0 fully saturated rings. The van der Waals surface area contributed by atoms with E-state index in [-0.39, 0.29) is 18.9 Å². The lowest BCUT2D eigenvalue weighted by molar-refractivity contribution is -0.121. The zero-order chi connectivity index (χ0) is 11.3. The number of aliphatic hydroxyl groups is 1. The van der Waals surface area contributed by atoms with E-state index in [0.717, 1.165) is 0 Å². The largest absolute Gasteiger partial charge is 0.392 e. The van der Waals surface area contributed by atoms with E-state index in [9.17, 15) is 4.79 Å². The van der Waals surface area contributed by atoms with Gasteiger partial charge in [0, 0.05) is 19.4 Å². The van der Waals surface area contributed by atoms with E-state index in [0.29, 0.717) is 18.1 Å². The van der Waals surface area contributed by atoms with Crippen molar-refractivity contribution < 1.29 is 14.4 Å². The van der Waals surface area contributed by atoms with Crippen LogP contribution in [0.1, 0.15) is 25.1 Å². The summed E-state index contributed by atoms with van der Waals surface area (Å²) < 4.78 is 4.85. The van der Waals surface area contributed by atoms with Crippen LogP contribution in [-0.2, 0) is 11.2 Å². The van der Waals surface area contributed by atoms with E-state index in [4.69, 9.17) is 9.63 Å². The molecule has 2 N–H and O–H groups in total. The molecule has 1 unspecified atom stereocenters. The summed E-state index contributed by atoms with van der Waals surface area (Å²) in [6, 6.07) is 0. The van der Waals surface area contributed by atoms with E-state index in [1.807, 2.05) is 0 Å². The fourth-order valence-corrected chi connectivity index (χ4v) is 1.01. The van der Waals surface area contributed by atoms with E-state index in [1.54, 1.807) is 13.8 Å². The summed E-state index contributed by atoms with van der Waals surface area (Å²) in [5, 5.41) is 15.1. The number of hydrogen-bond donors (Lipinski definition) is 2. The van der Waals surface area contributed by atoms with Gasteiger partial charge in [-0.05, 0) is 13.8 Å². The van der Waals surface area contributed by atoms with Crippen molar-refractivity contribution in [3.8, 4) is 0 Å². The summed E-state index contributed by atoms with van der Waals surface area (Å²) in [5.41, 5.74) is 0. The predicted molar refractivity (Wildman–Crippen MR) is 52.0 cm³/mol. The molecule has 0 radical (unpaired) electrons. The summed E-state index contributed by atoms with van der Waals surface area (Å²) in [5.74, 6) is 0.890. The maximum atomic E-state index is 11.2. The number of carbonyl (C=O) groups excluding carboxylic acids is 1. The van der Waals surface area contributed by atoms with Gasteiger partial charge >= 0.3 is 0 Å². The minimum atomic E-state index is -0.528. The predicted octanol–water partition coefficient (Wildman–Crippen LogP) is -0.192. The molecule has 0 bridgehead atoms. The highest BCUT2D eigenvalue weighted by Gasteiger charge is 2.07. The van der Waals surface area contributed by atoms with Gasteiger partial charge in [0.15, 0.2) is 5.82 Å². The molecule has 1 atom stereocenters. The quantitative estimate of drug-likeness (QED) is 0.707. The fourth-order valence-electron chi connectivity index (χ4n) is 1.01. The second kappa shape index (κ2) is 5.45. The molecule has 1 aromatic heterocycles. The second-order valence-corrected chi connectivity index (χ2v) is 3.39. The maximum absolute atomic E-state index is 11.2. The lowest BCUT2D eigenvalue weighted by Crippen LogP contribution is -2.30. The molecule has 0 saturated carbocycles. The van der Waals surface area contributed by atoms with Crippen molar-refractivity contribution in [2.75, 3.05) is 6.54 Å². The molecule has 1 rings (SSSR count). The molecule has 0 aromatic carbocycles.